The molecule has 1 atom stereocenters. The first-order valence-electron chi connectivity index (χ1n) is 6.57. The molecule has 2 rings (SSSR count). The van der Waals surface area contributed by atoms with Crippen molar-refractivity contribution in [3.8, 4) is 0 Å². The Morgan fingerprint density at radius 3 is 2.53 bits per heavy atom. The van der Waals surface area contributed by atoms with E-state index in [1.807, 2.05) is 61.8 Å². The van der Waals surface area contributed by atoms with Gasteiger partial charge in [-0.1, -0.05) is 36.4 Å². The van der Waals surface area contributed by atoms with Crippen molar-refractivity contribution in [2.75, 3.05) is 20.1 Å². The SMILES string of the molecule is CN(CCc1ccccn1)C[C@@H](O)c1ccccc1. The third-order valence-electron chi connectivity index (χ3n) is 3.14. The van der Waals surface area contributed by atoms with Crippen LogP contribution in [-0.4, -0.2) is 35.1 Å². The Balaban J connectivity index is 1.80. The first-order chi connectivity index (χ1) is 9.25. The Kier molecular flexibility index (Phi) is 5.07. The Labute approximate surface area is 114 Å². The predicted octanol–water partition coefficient (Wildman–Crippen LogP) is 2.29. The summed E-state index contributed by atoms with van der Waals surface area (Å²) in [5, 5.41) is 10.1. The van der Waals surface area contributed by atoms with Gasteiger partial charge in [-0.05, 0) is 24.7 Å². The van der Waals surface area contributed by atoms with Crippen LogP contribution in [0.1, 0.15) is 17.4 Å². The normalized spacial score (nSPS) is 12.6. The van der Waals surface area contributed by atoms with Crippen molar-refractivity contribution in [1.82, 2.24) is 9.88 Å². The lowest BCUT2D eigenvalue weighted by molar-refractivity contribution is 0.127. The van der Waals surface area contributed by atoms with Crippen molar-refractivity contribution in [3.63, 3.8) is 0 Å². The van der Waals surface area contributed by atoms with E-state index in [4.69, 9.17) is 0 Å². The van der Waals surface area contributed by atoms with Gasteiger partial charge in [-0.3, -0.25) is 4.98 Å². The Morgan fingerprint density at radius 1 is 1.11 bits per heavy atom. The zero-order valence-corrected chi connectivity index (χ0v) is 11.2. The van der Waals surface area contributed by atoms with E-state index in [1.54, 1.807) is 0 Å². The quantitative estimate of drug-likeness (QED) is 0.861. The monoisotopic (exact) mass is 256 g/mol. The molecule has 0 bridgehead atoms. The van der Waals surface area contributed by atoms with Crippen molar-refractivity contribution < 1.29 is 5.11 Å². The molecule has 1 N–H and O–H groups in total. The molecule has 0 aliphatic carbocycles. The van der Waals surface area contributed by atoms with E-state index in [2.05, 4.69) is 9.88 Å². The summed E-state index contributed by atoms with van der Waals surface area (Å²) in [7, 11) is 2.02. The molecule has 0 aliphatic heterocycles. The highest BCUT2D eigenvalue weighted by Gasteiger charge is 2.10. The van der Waals surface area contributed by atoms with Crippen LogP contribution in [0.15, 0.2) is 54.7 Å². The van der Waals surface area contributed by atoms with Gasteiger partial charge in [-0.2, -0.15) is 0 Å². The lowest BCUT2D eigenvalue weighted by Gasteiger charge is -2.20. The molecular formula is C16H20N2O. The van der Waals surface area contributed by atoms with Crippen molar-refractivity contribution in [2.45, 2.75) is 12.5 Å². The van der Waals surface area contributed by atoms with E-state index in [0.717, 1.165) is 24.2 Å². The van der Waals surface area contributed by atoms with Crippen LogP contribution in [0, 0.1) is 0 Å². The van der Waals surface area contributed by atoms with Crippen LogP contribution in [0.5, 0.6) is 0 Å². The number of hydrogen-bond acceptors (Lipinski definition) is 3. The molecule has 2 aromatic rings. The summed E-state index contributed by atoms with van der Waals surface area (Å²) in [6.45, 7) is 1.53. The average molecular weight is 256 g/mol. The van der Waals surface area contributed by atoms with Crippen molar-refractivity contribution >= 4 is 0 Å². The van der Waals surface area contributed by atoms with Gasteiger partial charge in [-0.15, -0.1) is 0 Å². The zero-order chi connectivity index (χ0) is 13.5. The second kappa shape index (κ2) is 7.02. The van der Waals surface area contributed by atoms with Crippen LogP contribution in [0.4, 0.5) is 0 Å². The number of likely N-dealkylation sites (N-methyl/N-ethyl adjacent to an activating group) is 1. The second-order valence-electron chi connectivity index (χ2n) is 4.76. The molecule has 19 heavy (non-hydrogen) atoms. The third kappa shape index (κ3) is 4.47. The fourth-order valence-corrected chi connectivity index (χ4v) is 2.02. The molecule has 3 heteroatoms. The maximum absolute atomic E-state index is 10.1. The van der Waals surface area contributed by atoms with Gasteiger partial charge in [0.2, 0.25) is 0 Å². The zero-order valence-electron chi connectivity index (χ0n) is 11.2. The lowest BCUT2D eigenvalue weighted by Crippen LogP contribution is -2.26. The minimum Gasteiger partial charge on any atom is -0.387 e. The van der Waals surface area contributed by atoms with Gasteiger partial charge in [0, 0.05) is 31.4 Å². The highest BCUT2D eigenvalue weighted by molar-refractivity contribution is 5.17. The number of nitrogens with zero attached hydrogens (tertiary/aromatic N) is 2. The lowest BCUT2D eigenvalue weighted by atomic mass is 10.1. The molecule has 0 saturated heterocycles. The first-order valence-corrected chi connectivity index (χ1v) is 6.57. The number of hydrogen-bond donors (Lipinski definition) is 1. The van der Waals surface area contributed by atoms with Gasteiger partial charge < -0.3 is 10.0 Å². The van der Waals surface area contributed by atoms with Gasteiger partial charge in [0.1, 0.15) is 0 Å². The fraction of sp³-hybridized carbons (Fsp3) is 0.312. The van der Waals surface area contributed by atoms with Gasteiger partial charge >= 0.3 is 0 Å². The molecule has 1 heterocycles. The molecule has 0 radical (unpaired) electrons. The van der Waals surface area contributed by atoms with Crippen molar-refractivity contribution in [2.24, 2.45) is 0 Å². The number of aromatic nitrogens is 1. The van der Waals surface area contributed by atoms with Gasteiger partial charge in [0.05, 0.1) is 6.10 Å². The fourth-order valence-electron chi connectivity index (χ4n) is 2.02. The Hall–Kier alpha value is -1.71. The second-order valence-corrected chi connectivity index (χ2v) is 4.76. The topological polar surface area (TPSA) is 36.4 Å². The van der Waals surface area contributed by atoms with Gasteiger partial charge in [0.15, 0.2) is 0 Å². The Bertz CT molecular complexity index is 473. The molecular weight excluding hydrogens is 236 g/mol. The summed E-state index contributed by atoms with van der Waals surface area (Å²) < 4.78 is 0. The maximum Gasteiger partial charge on any atom is 0.0916 e. The minimum atomic E-state index is -0.435. The average Bonchev–Trinajstić information content (AvgIpc) is 2.47. The number of aliphatic hydroxyl groups excluding tert-OH is 1. The highest BCUT2D eigenvalue weighted by atomic mass is 16.3. The van der Waals surface area contributed by atoms with Crippen LogP contribution in [0.25, 0.3) is 0 Å². The van der Waals surface area contributed by atoms with Crippen LogP contribution < -0.4 is 0 Å². The number of aliphatic hydroxyl groups is 1. The van der Waals surface area contributed by atoms with E-state index in [1.165, 1.54) is 0 Å². The summed E-state index contributed by atoms with van der Waals surface area (Å²) in [5.41, 5.74) is 2.05. The molecule has 1 aromatic heterocycles. The summed E-state index contributed by atoms with van der Waals surface area (Å²) >= 11 is 0. The molecule has 0 saturated carbocycles. The number of benzene rings is 1. The van der Waals surface area contributed by atoms with Crippen LogP contribution in [-0.2, 0) is 6.42 Å². The highest BCUT2D eigenvalue weighted by Crippen LogP contribution is 2.13. The number of rotatable bonds is 6. The third-order valence-corrected chi connectivity index (χ3v) is 3.14. The van der Waals surface area contributed by atoms with E-state index in [-0.39, 0.29) is 0 Å². The summed E-state index contributed by atoms with van der Waals surface area (Å²) in [4.78, 5) is 6.43. The molecule has 1 aromatic carbocycles. The van der Waals surface area contributed by atoms with E-state index < -0.39 is 6.10 Å². The summed E-state index contributed by atoms with van der Waals surface area (Å²) in [6.07, 6.45) is 2.28. The van der Waals surface area contributed by atoms with Gasteiger partial charge in [0.25, 0.3) is 0 Å². The summed E-state index contributed by atoms with van der Waals surface area (Å²) in [6, 6.07) is 15.7. The van der Waals surface area contributed by atoms with Gasteiger partial charge in [-0.25, -0.2) is 0 Å². The maximum atomic E-state index is 10.1. The Morgan fingerprint density at radius 2 is 1.84 bits per heavy atom. The molecule has 100 valence electrons. The first kappa shape index (κ1) is 13.7. The molecule has 0 unspecified atom stereocenters. The molecule has 0 aliphatic rings. The molecule has 3 nitrogen and oxygen atoms in total. The van der Waals surface area contributed by atoms with E-state index in [0.29, 0.717) is 6.54 Å². The van der Waals surface area contributed by atoms with E-state index >= 15 is 0 Å². The minimum absolute atomic E-state index is 0.435. The van der Waals surface area contributed by atoms with Crippen molar-refractivity contribution in [1.29, 1.82) is 0 Å². The van der Waals surface area contributed by atoms with Crippen LogP contribution in [0.2, 0.25) is 0 Å². The van der Waals surface area contributed by atoms with Crippen LogP contribution >= 0.6 is 0 Å². The largest absolute Gasteiger partial charge is 0.387 e. The van der Waals surface area contributed by atoms with E-state index in [9.17, 15) is 5.11 Å². The smallest absolute Gasteiger partial charge is 0.0916 e. The number of pyridine rings is 1. The summed E-state index contributed by atoms with van der Waals surface area (Å²) in [5.74, 6) is 0. The van der Waals surface area contributed by atoms with Crippen molar-refractivity contribution in [3.05, 3.63) is 66.0 Å². The molecule has 0 spiro atoms. The van der Waals surface area contributed by atoms with Crippen LogP contribution in [0.3, 0.4) is 0 Å². The molecule has 0 fully saturated rings. The molecule has 0 amide bonds. The standard InChI is InChI=1S/C16H20N2O/c1-18(12-10-15-9-5-6-11-17-15)13-16(19)14-7-3-2-4-8-14/h2-9,11,16,19H,10,12-13H2,1H3/t16-/m1/s1. The predicted molar refractivity (Wildman–Crippen MR) is 76.8 cm³/mol.